The lowest BCUT2D eigenvalue weighted by Gasteiger charge is -2.29. The van der Waals surface area contributed by atoms with Gasteiger partial charge < -0.3 is 26.0 Å². The first-order valence-corrected chi connectivity index (χ1v) is 19.8. The Morgan fingerprint density at radius 2 is 1.69 bits per heavy atom. The van der Waals surface area contributed by atoms with Crippen LogP contribution in [0, 0.1) is 5.82 Å². The summed E-state index contributed by atoms with van der Waals surface area (Å²) < 4.78 is 23.2. The van der Waals surface area contributed by atoms with E-state index in [1.165, 1.54) is 44.2 Å². The van der Waals surface area contributed by atoms with Crippen LogP contribution in [0.15, 0.2) is 72.9 Å². The molecule has 7 rings (SSSR count). The highest BCUT2D eigenvalue weighted by atomic mass is 19.1. The standard InChI is InChI=1S/C44H52FN7O3/c1-3-40-38(41(49-35-18-20-55-21-19-35)37-26-48-52(4-2)43(37)50-40)28-51(44(54)33-13-9-12-32(24-33)42(46)53)27-30-16-17-39(45)36(23-30)31-11-8-10-29(22-31)25-47-34-14-6-5-7-15-34/h8-13,16-17,22-24,26,34-35,47H,3-7,14-15,18-21,25,27-28H2,1-2H3,(H2,46,53)(H,49,50). The first-order valence-electron chi connectivity index (χ1n) is 19.8. The second kappa shape index (κ2) is 17.6. The monoisotopic (exact) mass is 745 g/mol. The number of fused-ring (bicyclic) bond motifs is 1. The highest BCUT2D eigenvalue weighted by molar-refractivity contribution is 5.99. The Morgan fingerprint density at radius 3 is 2.45 bits per heavy atom. The number of nitrogens with one attached hydrogen (secondary N) is 2. The zero-order valence-electron chi connectivity index (χ0n) is 32.0. The summed E-state index contributed by atoms with van der Waals surface area (Å²) in [4.78, 5) is 33.7. The number of pyridine rings is 1. The third-order valence-corrected chi connectivity index (χ3v) is 11.0. The van der Waals surface area contributed by atoms with Gasteiger partial charge in [0.05, 0.1) is 23.8 Å². The SMILES string of the molecule is CCc1nc2c(cnn2CC)c(NC2CCOCC2)c1CN(Cc1ccc(F)c(-c2cccc(CNC3CCCCC3)c2)c1)C(=O)c1cccc(C(N)=O)c1. The molecule has 0 atom stereocenters. The molecule has 55 heavy (non-hydrogen) atoms. The summed E-state index contributed by atoms with van der Waals surface area (Å²) in [5.74, 6) is -1.22. The van der Waals surface area contributed by atoms with Gasteiger partial charge in [-0.05, 0) is 92.1 Å². The molecule has 3 aromatic carbocycles. The average Bonchev–Trinajstić information content (AvgIpc) is 3.64. The number of carbonyl (C=O) groups excluding carboxylic acids is 2. The number of aromatic nitrogens is 3. The van der Waals surface area contributed by atoms with Gasteiger partial charge >= 0.3 is 0 Å². The Bertz CT molecular complexity index is 2140. The van der Waals surface area contributed by atoms with Crippen molar-refractivity contribution in [2.24, 2.45) is 5.73 Å². The molecule has 1 aliphatic heterocycles. The van der Waals surface area contributed by atoms with Gasteiger partial charge in [-0.3, -0.25) is 9.59 Å². The number of ether oxygens (including phenoxy) is 1. The van der Waals surface area contributed by atoms with Crippen LogP contribution in [0.2, 0.25) is 0 Å². The van der Waals surface area contributed by atoms with E-state index in [-0.39, 0.29) is 36.4 Å². The van der Waals surface area contributed by atoms with Crippen LogP contribution >= 0.6 is 0 Å². The maximum atomic E-state index is 15.7. The Labute approximate surface area is 322 Å². The second-order valence-electron chi connectivity index (χ2n) is 14.8. The van der Waals surface area contributed by atoms with E-state index in [1.807, 2.05) is 36.0 Å². The van der Waals surface area contributed by atoms with E-state index < -0.39 is 5.91 Å². The second-order valence-corrected chi connectivity index (χ2v) is 14.8. The molecule has 10 nitrogen and oxygen atoms in total. The molecule has 3 heterocycles. The lowest BCUT2D eigenvalue weighted by atomic mass is 9.95. The molecule has 0 radical (unpaired) electrons. The third-order valence-electron chi connectivity index (χ3n) is 11.0. The largest absolute Gasteiger partial charge is 0.381 e. The number of halogens is 1. The van der Waals surface area contributed by atoms with Crippen LogP contribution in [0.5, 0.6) is 0 Å². The number of amides is 2. The summed E-state index contributed by atoms with van der Waals surface area (Å²) in [7, 11) is 0. The van der Waals surface area contributed by atoms with Crippen molar-refractivity contribution in [3.8, 4) is 11.1 Å². The van der Waals surface area contributed by atoms with Gasteiger partial charge in [0.1, 0.15) is 5.82 Å². The molecule has 288 valence electrons. The number of nitrogens with zero attached hydrogens (tertiary/aromatic N) is 4. The quantitative estimate of drug-likeness (QED) is 0.106. The summed E-state index contributed by atoms with van der Waals surface area (Å²) >= 11 is 0. The van der Waals surface area contributed by atoms with Gasteiger partial charge in [-0.15, -0.1) is 0 Å². The molecule has 5 aromatic rings. The highest BCUT2D eigenvalue weighted by Crippen LogP contribution is 2.34. The molecule has 0 bridgehead atoms. The third kappa shape index (κ3) is 8.89. The zero-order valence-corrected chi connectivity index (χ0v) is 32.0. The van der Waals surface area contributed by atoms with Crippen LogP contribution in [-0.2, 0) is 37.3 Å². The zero-order chi connectivity index (χ0) is 38.3. The van der Waals surface area contributed by atoms with Gasteiger partial charge in [-0.2, -0.15) is 5.10 Å². The Balaban J connectivity index is 1.26. The number of benzene rings is 3. The average molecular weight is 746 g/mol. The molecule has 0 unspecified atom stereocenters. The lowest BCUT2D eigenvalue weighted by Crippen LogP contribution is -2.33. The minimum atomic E-state index is -0.612. The van der Waals surface area contributed by atoms with E-state index in [0.29, 0.717) is 43.3 Å². The molecule has 1 saturated carbocycles. The molecule has 4 N–H and O–H groups in total. The van der Waals surface area contributed by atoms with E-state index in [1.54, 1.807) is 29.2 Å². The smallest absolute Gasteiger partial charge is 0.254 e. The van der Waals surface area contributed by atoms with Crippen LogP contribution in [0.1, 0.15) is 102 Å². The fraction of sp³-hybridized carbons (Fsp3) is 0.409. The summed E-state index contributed by atoms with van der Waals surface area (Å²) in [6, 6.07) is 20.3. The summed E-state index contributed by atoms with van der Waals surface area (Å²) in [5.41, 5.74) is 12.8. The minimum Gasteiger partial charge on any atom is -0.381 e. The van der Waals surface area contributed by atoms with Crippen molar-refractivity contribution in [2.75, 3.05) is 18.5 Å². The van der Waals surface area contributed by atoms with Crippen molar-refractivity contribution < 1.29 is 18.7 Å². The van der Waals surface area contributed by atoms with E-state index >= 15 is 4.39 Å². The fourth-order valence-electron chi connectivity index (χ4n) is 7.99. The fourth-order valence-corrected chi connectivity index (χ4v) is 7.99. The normalized spacial score (nSPS) is 15.3. The van der Waals surface area contributed by atoms with Gasteiger partial charge in [0.25, 0.3) is 5.91 Å². The number of hydrogen-bond acceptors (Lipinski definition) is 7. The van der Waals surface area contributed by atoms with Crippen LogP contribution in [0.4, 0.5) is 10.1 Å². The van der Waals surface area contributed by atoms with Crippen LogP contribution in [0.3, 0.4) is 0 Å². The Hall–Kier alpha value is -5.13. The first-order chi connectivity index (χ1) is 26.8. The van der Waals surface area contributed by atoms with Gasteiger partial charge in [-0.25, -0.2) is 14.1 Å². The molecule has 0 spiro atoms. The van der Waals surface area contributed by atoms with E-state index in [2.05, 4.69) is 34.8 Å². The number of primary amides is 1. The van der Waals surface area contributed by atoms with Crippen molar-refractivity contribution in [3.05, 3.63) is 112 Å². The predicted molar refractivity (Wildman–Crippen MR) is 214 cm³/mol. The number of hydrogen-bond donors (Lipinski definition) is 3. The van der Waals surface area contributed by atoms with Gasteiger partial charge in [0.15, 0.2) is 5.65 Å². The van der Waals surface area contributed by atoms with E-state index in [0.717, 1.165) is 64.1 Å². The molecule has 1 saturated heterocycles. The molecule has 1 aliphatic carbocycles. The van der Waals surface area contributed by atoms with Crippen molar-refractivity contribution in [2.45, 2.75) is 103 Å². The van der Waals surface area contributed by atoms with Crippen molar-refractivity contribution in [3.63, 3.8) is 0 Å². The summed E-state index contributed by atoms with van der Waals surface area (Å²) in [6.07, 6.45) is 10.4. The highest BCUT2D eigenvalue weighted by Gasteiger charge is 2.26. The van der Waals surface area contributed by atoms with E-state index in [9.17, 15) is 9.59 Å². The molecule has 2 amide bonds. The minimum absolute atomic E-state index is 0.178. The van der Waals surface area contributed by atoms with E-state index in [4.69, 9.17) is 15.5 Å². The molecule has 2 fully saturated rings. The van der Waals surface area contributed by atoms with Gasteiger partial charge in [0, 0.05) is 72.9 Å². The maximum Gasteiger partial charge on any atom is 0.254 e. The number of nitrogens with two attached hydrogens (primary N) is 1. The van der Waals surface area contributed by atoms with Crippen LogP contribution in [0.25, 0.3) is 22.2 Å². The van der Waals surface area contributed by atoms with Gasteiger partial charge in [0.2, 0.25) is 5.91 Å². The van der Waals surface area contributed by atoms with Crippen molar-refractivity contribution >= 4 is 28.5 Å². The first kappa shape index (κ1) is 38.2. The number of anilines is 1. The Morgan fingerprint density at radius 1 is 0.909 bits per heavy atom. The molecule has 2 aromatic heterocycles. The van der Waals surface area contributed by atoms with Crippen molar-refractivity contribution in [1.82, 2.24) is 25.0 Å². The summed E-state index contributed by atoms with van der Waals surface area (Å²) in [5, 5.41) is 13.1. The van der Waals surface area contributed by atoms with Crippen LogP contribution < -0.4 is 16.4 Å². The number of rotatable bonds is 14. The molecular weight excluding hydrogens is 694 g/mol. The Kier molecular flexibility index (Phi) is 12.2. The predicted octanol–water partition coefficient (Wildman–Crippen LogP) is 7.77. The number of aryl methyl sites for hydroxylation is 2. The maximum absolute atomic E-state index is 15.7. The van der Waals surface area contributed by atoms with Gasteiger partial charge in [-0.1, -0.05) is 56.5 Å². The topological polar surface area (TPSA) is 127 Å². The molecular formula is C44H52FN7O3. The molecule has 11 heteroatoms. The summed E-state index contributed by atoms with van der Waals surface area (Å²) in [6.45, 7) is 7.24. The molecule has 2 aliphatic rings. The van der Waals surface area contributed by atoms with Crippen molar-refractivity contribution in [1.29, 1.82) is 0 Å². The van der Waals surface area contributed by atoms with Crippen LogP contribution in [-0.4, -0.2) is 56.8 Å². The number of carbonyl (C=O) groups is 2. The lowest BCUT2D eigenvalue weighted by molar-refractivity contribution is 0.0729.